The second-order valence-electron chi connectivity index (χ2n) is 6.68. The number of ether oxygens (including phenoxy) is 1. The number of carbonyl (C=O) groups excluding carboxylic acids is 1. The van der Waals surface area contributed by atoms with Gasteiger partial charge in [0.05, 0.1) is 34.8 Å². The van der Waals surface area contributed by atoms with E-state index in [2.05, 4.69) is 45.5 Å². The van der Waals surface area contributed by atoms with Gasteiger partial charge in [-0.25, -0.2) is 4.09 Å². The number of thiol groups is 1. The van der Waals surface area contributed by atoms with Crippen molar-refractivity contribution in [2.24, 2.45) is 7.05 Å². The van der Waals surface area contributed by atoms with Gasteiger partial charge < -0.3 is 9.64 Å². The van der Waals surface area contributed by atoms with Crippen LogP contribution in [0.15, 0.2) is 34.4 Å². The SMILES string of the molecule is C=Cc1cn(C)nc1C(=O)N(C)CCOCCS(=O)c1cc(Cl)c2c(c1)c(Br)nn2S. The van der Waals surface area contributed by atoms with Gasteiger partial charge in [0.1, 0.15) is 10.1 Å². The van der Waals surface area contributed by atoms with Crippen molar-refractivity contribution in [2.75, 3.05) is 32.6 Å². The summed E-state index contributed by atoms with van der Waals surface area (Å²) in [4.78, 5) is 14.7. The van der Waals surface area contributed by atoms with Crippen molar-refractivity contribution in [3.63, 3.8) is 0 Å². The van der Waals surface area contributed by atoms with Crippen LogP contribution >= 0.6 is 40.3 Å². The highest BCUT2D eigenvalue weighted by atomic mass is 79.9. The first-order valence-electron chi connectivity index (χ1n) is 9.17. The normalized spacial score (nSPS) is 12.3. The highest BCUT2D eigenvalue weighted by molar-refractivity contribution is 9.10. The predicted molar refractivity (Wildman–Crippen MR) is 129 cm³/mol. The summed E-state index contributed by atoms with van der Waals surface area (Å²) in [6.45, 7) is 4.67. The molecule has 0 radical (unpaired) electrons. The molecule has 2 heterocycles. The molecule has 12 heteroatoms. The molecular weight excluding hydrogens is 526 g/mol. The van der Waals surface area contributed by atoms with E-state index in [1.165, 1.54) is 8.99 Å². The Morgan fingerprint density at radius 3 is 2.87 bits per heavy atom. The molecular formula is C19H21BrClN5O3S2. The molecule has 2 aromatic heterocycles. The molecule has 0 aliphatic heterocycles. The highest BCUT2D eigenvalue weighted by Gasteiger charge is 2.18. The van der Waals surface area contributed by atoms with Gasteiger partial charge in [-0.15, -0.1) is 0 Å². The molecule has 0 spiro atoms. The molecule has 0 bridgehead atoms. The molecule has 0 aliphatic carbocycles. The third-order valence-corrected chi connectivity index (χ3v) is 6.98. The first-order valence-corrected chi connectivity index (χ1v) is 12.1. The summed E-state index contributed by atoms with van der Waals surface area (Å²) in [5.74, 6) is 0.0911. The van der Waals surface area contributed by atoms with E-state index in [9.17, 15) is 9.00 Å². The number of likely N-dealkylation sites (N-methyl/N-ethyl adjacent to an activating group) is 1. The summed E-state index contributed by atoms with van der Waals surface area (Å²) >= 11 is 13.9. The average Bonchev–Trinajstić information content (AvgIpc) is 3.25. The first kappa shape index (κ1) is 24.0. The second-order valence-corrected chi connectivity index (χ2v) is 9.79. The zero-order valence-electron chi connectivity index (χ0n) is 16.9. The molecule has 0 N–H and O–H groups in total. The Bertz CT molecular complexity index is 1160. The fourth-order valence-electron chi connectivity index (χ4n) is 2.91. The van der Waals surface area contributed by atoms with E-state index in [1.54, 1.807) is 43.2 Å². The number of halogens is 2. The van der Waals surface area contributed by atoms with Gasteiger partial charge in [-0.3, -0.25) is 13.7 Å². The molecule has 3 rings (SSSR count). The minimum Gasteiger partial charge on any atom is -0.379 e. The zero-order chi connectivity index (χ0) is 22.7. The van der Waals surface area contributed by atoms with E-state index in [1.807, 2.05) is 0 Å². The average molecular weight is 547 g/mol. The van der Waals surface area contributed by atoms with Crippen LogP contribution in [0.25, 0.3) is 17.0 Å². The van der Waals surface area contributed by atoms with Crippen LogP contribution in [0.2, 0.25) is 5.02 Å². The summed E-state index contributed by atoms with van der Waals surface area (Å²) in [6.07, 6.45) is 3.34. The zero-order valence-corrected chi connectivity index (χ0v) is 21.0. The van der Waals surface area contributed by atoms with E-state index in [0.717, 1.165) is 5.39 Å². The van der Waals surface area contributed by atoms with E-state index in [-0.39, 0.29) is 12.5 Å². The van der Waals surface area contributed by atoms with Crippen LogP contribution in [0.1, 0.15) is 16.1 Å². The molecule has 1 atom stereocenters. The maximum Gasteiger partial charge on any atom is 0.274 e. The van der Waals surface area contributed by atoms with E-state index >= 15 is 0 Å². The van der Waals surface area contributed by atoms with Gasteiger partial charge in [0.15, 0.2) is 5.69 Å². The molecule has 166 valence electrons. The first-order chi connectivity index (χ1) is 14.7. The number of aromatic nitrogens is 4. The predicted octanol–water partition coefficient (Wildman–Crippen LogP) is 3.42. The lowest BCUT2D eigenvalue weighted by atomic mass is 10.2. The van der Waals surface area contributed by atoms with Crippen LogP contribution in [-0.2, 0) is 22.6 Å². The van der Waals surface area contributed by atoms with Gasteiger partial charge in [0, 0.05) is 42.7 Å². The fraction of sp³-hybridized carbons (Fsp3) is 0.316. The molecule has 8 nitrogen and oxygen atoms in total. The van der Waals surface area contributed by atoms with Crippen LogP contribution in [-0.4, -0.2) is 66.5 Å². The van der Waals surface area contributed by atoms with E-state index < -0.39 is 10.8 Å². The van der Waals surface area contributed by atoms with Crippen LogP contribution in [0, 0.1) is 0 Å². The third-order valence-electron chi connectivity index (χ3n) is 4.51. The Kier molecular flexibility index (Phi) is 7.98. The quantitative estimate of drug-likeness (QED) is 0.329. The Labute approximate surface area is 201 Å². The third kappa shape index (κ3) is 5.40. The topological polar surface area (TPSA) is 82.2 Å². The molecule has 1 unspecified atom stereocenters. The number of hydrogen-bond acceptors (Lipinski definition) is 6. The van der Waals surface area contributed by atoms with Crippen molar-refractivity contribution < 1.29 is 13.7 Å². The molecule has 3 aromatic rings. The van der Waals surface area contributed by atoms with Gasteiger partial charge >= 0.3 is 0 Å². The Hall–Kier alpha value is -1.66. The summed E-state index contributed by atoms with van der Waals surface area (Å²) < 4.78 is 21.8. The number of carbonyl (C=O) groups is 1. The number of benzene rings is 1. The van der Waals surface area contributed by atoms with Gasteiger partial charge in [-0.2, -0.15) is 10.2 Å². The monoisotopic (exact) mass is 545 g/mol. The molecule has 0 fully saturated rings. The summed E-state index contributed by atoms with van der Waals surface area (Å²) in [7, 11) is 2.13. The molecule has 0 aliphatic rings. The number of fused-ring (bicyclic) bond motifs is 1. The van der Waals surface area contributed by atoms with Gasteiger partial charge in [0.2, 0.25) is 0 Å². The van der Waals surface area contributed by atoms with Gasteiger partial charge in [0.25, 0.3) is 5.91 Å². The van der Waals surface area contributed by atoms with Crippen molar-refractivity contribution in [1.82, 2.24) is 23.9 Å². The number of hydrogen-bond donors (Lipinski definition) is 1. The van der Waals surface area contributed by atoms with Crippen molar-refractivity contribution in [3.8, 4) is 0 Å². The Balaban J connectivity index is 1.50. The second kappa shape index (κ2) is 10.3. The van der Waals surface area contributed by atoms with Crippen molar-refractivity contribution in [3.05, 3.63) is 45.8 Å². The largest absolute Gasteiger partial charge is 0.379 e. The van der Waals surface area contributed by atoms with Crippen LogP contribution < -0.4 is 0 Å². The maximum absolute atomic E-state index is 12.6. The molecule has 31 heavy (non-hydrogen) atoms. The molecule has 1 aromatic carbocycles. The lowest BCUT2D eigenvalue weighted by Gasteiger charge is -2.16. The number of rotatable bonds is 9. The minimum atomic E-state index is -1.30. The highest BCUT2D eigenvalue weighted by Crippen LogP contribution is 2.32. The Morgan fingerprint density at radius 2 is 2.16 bits per heavy atom. The maximum atomic E-state index is 12.6. The summed E-state index contributed by atoms with van der Waals surface area (Å²) in [5, 5.41) is 9.49. The van der Waals surface area contributed by atoms with Crippen molar-refractivity contribution >= 4 is 74.0 Å². The number of amides is 1. The van der Waals surface area contributed by atoms with Crippen molar-refractivity contribution in [1.29, 1.82) is 0 Å². The lowest BCUT2D eigenvalue weighted by molar-refractivity contribution is 0.0705. The number of aryl methyl sites for hydroxylation is 1. The fourth-order valence-corrected chi connectivity index (χ4v) is 5.23. The van der Waals surface area contributed by atoms with E-state index in [0.29, 0.717) is 50.2 Å². The van der Waals surface area contributed by atoms with Gasteiger partial charge in [-0.1, -0.05) is 24.3 Å². The smallest absolute Gasteiger partial charge is 0.274 e. The Morgan fingerprint density at radius 1 is 1.42 bits per heavy atom. The van der Waals surface area contributed by atoms with Gasteiger partial charge in [-0.05, 0) is 40.9 Å². The van der Waals surface area contributed by atoms with Crippen LogP contribution in [0.5, 0.6) is 0 Å². The van der Waals surface area contributed by atoms with E-state index in [4.69, 9.17) is 16.3 Å². The summed E-state index contributed by atoms with van der Waals surface area (Å²) in [5.41, 5.74) is 1.68. The summed E-state index contributed by atoms with van der Waals surface area (Å²) in [6, 6.07) is 3.43. The standard InChI is InChI=1S/C19H21BrClN5O3S2/c1-4-12-11-25(3)22-16(12)19(27)24(2)5-6-29-7-8-31(28)13-9-14-17(15(21)10-13)26(30)23-18(14)20/h4,9-11,30H,1,5-8H2,2-3H3. The molecule has 1 amide bonds. The van der Waals surface area contributed by atoms with Crippen LogP contribution in [0.4, 0.5) is 0 Å². The lowest BCUT2D eigenvalue weighted by Crippen LogP contribution is -2.31. The van der Waals surface area contributed by atoms with Crippen molar-refractivity contribution in [2.45, 2.75) is 4.90 Å². The molecule has 0 saturated heterocycles. The minimum absolute atomic E-state index is 0.207. The van der Waals surface area contributed by atoms with Crippen LogP contribution in [0.3, 0.4) is 0 Å². The molecule has 0 saturated carbocycles. The number of nitrogens with zero attached hydrogens (tertiary/aromatic N) is 5.